The van der Waals surface area contributed by atoms with Gasteiger partial charge in [0.1, 0.15) is 5.70 Å². The van der Waals surface area contributed by atoms with Crippen molar-refractivity contribution in [3.63, 3.8) is 0 Å². The van der Waals surface area contributed by atoms with Crippen LogP contribution < -0.4 is 5.73 Å². The van der Waals surface area contributed by atoms with Gasteiger partial charge in [0.05, 0.1) is 11.4 Å². The third-order valence-electron chi connectivity index (χ3n) is 6.19. The minimum absolute atomic E-state index is 0.0279. The lowest BCUT2D eigenvalue weighted by atomic mass is 9.75. The number of hydrogen-bond acceptors (Lipinski definition) is 3. The highest BCUT2D eigenvalue weighted by Gasteiger charge is 2.34. The summed E-state index contributed by atoms with van der Waals surface area (Å²) in [5.74, 6) is 0.777. The van der Waals surface area contributed by atoms with Gasteiger partial charge in [-0.2, -0.15) is 0 Å². The van der Waals surface area contributed by atoms with Crippen LogP contribution in [-0.4, -0.2) is 18.0 Å². The van der Waals surface area contributed by atoms with E-state index >= 15 is 0 Å². The molecule has 0 spiro atoms. The van der Waals surface area contributed by atoms with Gasteiger partial charge in [-0.15, -0.1) is 0 Å². The lowest BCUT2D eigenvalue weighted by Crippen LogP contribution is -2.34. The van der Waals surface area contributed by atoms with Crippen molar-refractivity contribution >= 4 is 11.4 Å². The quantitative estimate of drug-likeness (QED) is 0.506. The van der Waals surface area contributed by atoms with Crippen LogP contribution in [0.1, 0.15) is 92.9 Å². The molecule has 3 nitrogen and oxygen atoms in total. The molecule has 0 aromatic carbocycles. The predicted molar refractivity (Wildman–Crippen MR) is 124 cm³/mol. The molecule has 1 aliphatic heterocycles. The van der Waals surface area contributed by atoms with Crippen LogP contribution in [0, 0.1) is 11.3 Å². The van der Waals surface area contributed by atoms with E-state index in [-0.39, 0.29) is 5.41 Å². The average molecular weight is 384 g/mol. The number of nitrogens with two attached hydrogens (primary N) is 1. The van der Waals surface area contributed by atoms with E-state index in [2.05, 4.69) is 46.8 Å². The van der Waals surface area contributed by atoms with E-state index in [1.54, 1.807) is 5.57 Å². The summed E-state index contributed by atoms with van der Waals surface area (Å²) in [4.78, 5) is 9.76. The van der Waals surface area contributed by atoms with Crippen molar-refractivity contribution in [2.24, 2.45) is 27.1 Å². The zero-order valence-corrected chi connectivity index (χ0v) is 19.1. The van der Waals surface area contributed by atoms with E-state index in [0.29, 0.717) is 0 Å². The van der Waals surface area contributed by atoms with Gasteiger partial charge < -0.3 is 5.73 Å². The molecular weight excluding hydrogens is 342 g/mol. The molecule has 0 amide bonds. The highest BCUT2D eigenvalue weighted by atomic mass is 14.9. The van der Waals surface area contributed by atoms with Gasteiger partial charge in [0.25, 0.3) is 0 Å². The largest absolute Gasteiger partial charge is 0.400 e. The van der Waals surface area contributed by atoms with E-state index in [9.17, 15) is 0 Å². The molecule has 3 heteroatoms. The molecule has 0 aromatic rings. The maximum atomic E-state index is 6.18. The molecule has 1 aliphatic carbocycles. The van der Waals surface area contributed by atoms with Crippen molar-refractivity contribution in [3.8, 4) is 0 Å². The summed E-state index contributed by atoms with van der Waals surface area (Å²) in [6, 6.07) is 0. The minimum Gasteiger partial charge on any atom is -0.400 e. The molecule has 28 heavy (non-hydrogen) atoms. The monoisotopic (exact) mass is 383 g/mol. The molecule has 156 valence electrons. The van der Waals surface area contributed by atoms with E-state index in [0.717, 1.165) is 48.8 Å². The number of allylic oxidation sites excluding steroid dienone is 6. The fourth-order valence-electron chi connectivity index (χ4n) is 4.65. The van der Waals surface area contributed by atoms with Gasteiger partial charge in [0.15, 0.2) is 0 Å². The van der Waals surface area contributed by atoms with Gasteiger partial charge in [-0.05, 0) is 51.0 Å². The standard InChI is InChI=1S/C25H41N3/c1-7-19(21-13-11-10-12-14-21)15-16-20(8-2)24-25(5,6)17-22(27-9-3)23(28-24)18(4)26/h15-16,21H,7-14,17,26H2,1-6H3/b19-15+,20-16+,23-18-,27-22-. The van der Waals surface area contributed by atoms with E-state index < -0.39 is 0 Å². The summed E-state index contributed by atoms with van der Waals surface area (Å²) in [5, 5.41) is 0. The van der Waals surface area contributed by atoms with Crippen molar-refractivity contribution in [1.82, 2.24) is 0 Å². The SMILES string of the molecule is CC/N=C1/CC(C)(C)C(C(=C/C=C(\CC)C2CCCCC2)/CC)=N/C1=C(/C)N. The second-order valence-electron chi connectivity index (χ2n) is 8.95. The molecule has 2 rings (SSSR count). The van der Waals surface area contributed by atoms with Gasteiger partial charge in [0, 0.05) is 24.1 Å². The molecule has 0 radical (unpaired) electrons. The Bertz CT molecular complexity index is 691. The highest BCUT2D eigenvalue weighted by molar-refractivity contribution is 6.15. The van der Waals surface area contributed by atoms with Crippen LogP contribution in [0.25, 0.3) is 0 Å². The number of nitrogens with zero attached hydrogens (tertiary/aromatic N) is 2. The average Bonchev–Trinajstić information content (AvgIpc) is 2.66. The van der Waals surface area contributed by atoms with Crippen molar-refractivity contribution in [1.29, 1.82) is 0 Å². The van der Waals surface area contributed by atoms with Crippen LogP contribution in [0.2, 0.25) is 0 Å². The number of hydrogen-bond donors (Lipinski definition) is 1. The second-order valence-corrected chi connectivity index (χ2v) is 8.95. The number of rotatable bonds is 6. The summed E-state index contributed by atoms with van der Waals surface area (Å²) in [6.07, 6.45) is 14.7. The second kappa shape index (κ2) is 10.2. The maximum Gasteiger partial charge on any atom is 0.103 e. The molecule has 0 unspecified atom stereocenters. The van der Waals surface area contributed by atoms with Gasteiger partial charge in [-0.25, -0.2) is 4.99 Å². The van der Waals surface area contributed by atoms with E-state index in [1.165, 1.54) is 43.4 Å². The molecule has 0 aromatic heterocycles. The Morgan fingerprint density at radius 2 is 1.79 bits per heavy atom. The van der Waals surface area contributed by atoms with Crippen molar-refractivity contribution in [2.45, 2.75) is 92.9 Å². The van der Waals surface area contributed by atoms with Gasteiger partial charge >= 0.3 is 0 Å². The fourth-order valence-corrected chi connectivity index (χ4v) is 4.65. The molecular formula is C25H41N3. The first-order chi connectivity index (χ1) is 13.3. The summed E-state index contributed by atoms with van der Waals surface area (Å²) in [5.41, 5.74) is 13.0. The first kappa shape index (κ1) is 22.6. The molecule has 0 atom stereocenters. The van der Waals surface area contributed by atoms with E-state index in [4.69, 9.17) is 15.7 Å². The van der Waals surface area contributed by atoms with Crippen LogP contribution in [0.3, 0.4) is 0 Å². The zero-order chi connectivity index (χ0) is 20.7. The highest BCUT2D eigenvalue weighted by Crippen LogP contribution is 2.36. The van der Waals surface area contributed by atoms with E-state index in [1.807, 2.05) is 6.92 Å². The first-order valence-corrected chi connectivity index (χ1v) is 11.3. The summed E-state index contributed by atoms with van der Waals surface area (Å²) in [6.45, 7) is 13.9. The maximum absolute atomic E-state index is 6.18. The zero-order valence-electron chi connectivity index (χ0n) is 19.1. The van der Waals surface area contributed by atoms with Crippen LogP contribution in [0.5, 0.6) is 0 Å². The number of aliphatic imine (C=N–C) groups is 2. The van der Waals surface area contributed by atoms with Crippen LogP contribution in [0.15, 0.2) is 44.7 Å². The molecule has 2 N–H and O–H groups in total. The minimum atomic E-state index is -0.0279. The Morgan fingerprint density at radius 3 is 2.32 bits per heavy atom. The topological polar surface area (TPSA) is 50.7 Å². The first-order valence-electron chi connectivity index (χ1n) is 11.3. The Balaban J connectivity index is 2.43. The predicted octanol–water partition coefficient (Wildman–Crippen LogP) is 6.76. The molecule has 1 fully saturated rings. The normalized spacial score (nSPS) is 25.1. The molecule has 1 saturated carbocycles. The van der Waals surface area contributed by atoms with Gasteiger partial charge in [0.2, 0.25) is 0 Å². The van der Waals surface area contributed by atoms with Crippen LogP contribution >= 0.6 is 0 Å². The third-order valence-corrected chi connectivity index (χ3v) is 6.19. The Labute approximate surface area is 173 Å². The van der Waals surface area contributed by atoms with Gasteiger partial charge in [-0.3, -0.25) is 4.99 Å². The smallest absolute Gasteiger partial charge is 0.103 e. The lowest BCUT2D eigenvalue weighted by Gasteiger charge is -2.34. The summed E-state index contributed by atoms with van der Waals surface area (Å²) >= 11 is 0. The third kappa shape index (κ3) is 5.46. The Morgan fingerprint density at radius 1 is 1.11 bits per heavy atom. The van der Waals surface area contributed by atoms with Gasteiger partial charge in [-0.1, -0.05) is 64.7 Å². The van der Waals surface area contributed by atoms with Crippen molar-refractivity contribution in [3.05, 3.63) is 34.7 Å². The van der Waals surface area contributed by atoms with Crippen LogP contribution in [0.4, 0.5) is 0 Å². The van der Waals surface area contributed by atoms with Crippen molar-refractivity contribution < 1.29 is 0 Å². The van der Waals surface area contributed by atoms with Crippen molar-refractivity contribution in [2.75, 3.05) is 6.54 Å². The molecule has 2 aliphatic rings. The summed E-state index contributed by atoms with van der Waals surface area (Å²) < 4.78 is 0. The molecule has 0 bridgehead atoms. The Kier molecular flexibility index (Phi) is 8.27. The molecule has 0 saturated heterocycles. The lowest BCUT2D eigenvalue weighted by molar-refractivity contribution is 0.397. The van der Waals surface area contributed by atoms with Crippen LogP contribution in [-0.2, 0) is 0 Å². The Hall–Kier alpha value is -1.64. The summed E-state index contributed by atoms with van der Waals surface area (Å²) in [7, 11) is 0. The fraction of sp³-hybridized carbons (Fsp3) is 0.680. The molecule has 1 heterocycles.